The minimum absolute atomic E-state index is 0.797. The summed E-state index contributed by atoms with van der Waals surface area (Å²) in [7, 11) is 0. The van der Waals surface area contributed by atoms with Crippen molar-refractivity contribution in [2.45, 2.75) is 58.9 Å². The average molecular weight is 253 g/mol. The van der Waals surface area contributed by atoms with Crippen molar-refractivity contribution in [3.05, 3.63) is 10.6 Å². The number of H-pyrrole nitrogens is 1. The van der Waals surface area contributed by atoms with E-state index in [1.165, 1.54) is 25.7 Å². The first-order chi connectivity index (χ1) is 8.20. The molecule has 1 aromatic rings. The predicted octanol–water partition coefficient (Wildman–Crippen LogP) is 3.72. The van der Waals surface area contributed by atoms with Gasteiger partial charge in [0, 0.05) is 13.0 Å². The standard InChI is InChI=1S/C13H23N3S/c1-3-4-12-14-15-13(17)16(12)9-11-7-5-10(2)6-8-11/h10-11H,3-9H2,1-2H3,(H,15,17). The van der Waals surface area contributed by atoms with Gasteiger partial charge in [-0.25, -0.2) is 0 Å². The summed E-state index contributed by atoms with van der Waals surface area (Å²) >= 11 is 5.32. The molecule has 1 fully saturated rings. The van der Waals surface area contributed by atoms with Gasteiger partial charge in [0.05, 0.1) is 0 Å². The molecule has 0 amide bonds. The van der Waals surface area contributed by atoms with Crippen LogP contribution >= 0.6 is 12.2 Å². The minimum atomic E-state index is 0.797. The molecule has 3 nitrogen and oxygen atoms in total. The summed E-state index contributed by atoms with van der Waals surface area (Å²) in [4.78, 5) is 0. The van der Waals surface area contributed by atoms with Gasteiger partial charge < -0.3 is 4.57 Å². The highest BCUT2D eigenvalue weighted by molar-refractivity contribution is 7.71. The van der Waals surface area contributed by atoms with Crippen molar-refractivity contribution in [2.75, 3.05) is 0 Å². The van der Waals surface area contributed by atoms with Crippen LogP contribution in [0.2, 0.25) is 0 Å². The molecule has 0 aromatic carbocycles. The third-order valence-electron chi connectivity index (χ3n) is 3.89. The maximum atomic E-state index is 5.32. The van der Waals surface area contributed by atoms with Crippen LogP contribution in [0.15, 0.2) is 0 Å². The smallest absolute Gasteiger partial charge is 0.195 e. The monoisotopic (exact) mass is 253 g/mol. The van der Waals surface area contributed by atoms with Crippen LogP contribution in [0.4, 0.5) is 0 Å². The van der Waals surface area contributed by atoms with Crippen molar-refractivity contribution in [3.63, 3.8) is 0 Å². The molecule has 1 aliphatic carbocycles. The van der Waals surface area contributed by atoms with E-state index in [9.17, 15) is 0 Å². The molecule has 96 valence electrons. The molecule has 0 saturated heterocycles. The van der Waals surface area contributed by atoms with Crippen LogP contribution in [0.5, 0.6) is 0 Å². The van der Waals surface area contributed by atoms with Crippen LogP contribution < -0.4 is 0 Å². The first-order valence-electron chi connectivity index (χ1n) is 6.84. The van der Waals surface area contributed by atoms with E-state index in [0.717, 1.165) is 41.8 Å². The number of aromatic nitrogens is 3. The Kier molecular flexibility index (Phi) is 4.37. The molecule has 1 N–H and O–H groups in total. The van der Waals surface area contributed by atoms with Crippen LogP contribution in [0.25, 0.3) is 0 Å². The summed E-state index contributed by atoms with van der Waals surface area (Å²) in [6.45, 7) is 5.62. The van der Waals surface area contributed by atoms with Crippen molar-refractivity contribution < 1.29 is 0 Å². The minimum Gasteiger partial charge on any atom is -0.304 e. The van der Waals surface area contributed by atoms with Crippen LogP contribution in [0.3, 0.4) is 0 Å². The fourth-order valence-corrected chi connectivity index (χ4v) is 2.95. The molecule has 4 heteroatoms. The molecule has 0 unspecified atom stereocenters. The van der Waals surface area contributed by atoms with Gasteiger partial charge in [-0.2, -0.15) is 5.10 Å². The van der Waals surface area contributed by atoms with Gasteiger partial charge in [0.15, 0.2) is 4.77 Å². The van der Waals surface area contributed by atoms with Crippen LogP contribution in [-0.2, 0) is 13.0 Å². The van der Waals surface area contributed by atoms with E-state index < -0.39 is 0 Å². The number of aryl methyl sites for hydroxylation is 1. The van der Waals surface area contributed by atoms with Crippen LogP contribution in [0.1, 0.15) is 51.8 Å². The van der Waals surface area contributed by atoms with Crippen molar-refractivity contribution in [3.8, 4) is 0 Å². The SMILES string of the molecule is CCCc1n[nH]c(=S)n1CC1CCC(C)CC1. The Morgan fingerprint density at radius 1 is 1.35 bits per heavy atom. The van der Waals surface area contributed by atoms with Gasteiger partial charge in [-0.3, -0.25) is 5.10 Å². The van der Waals surface area contributed by atoms with Gasteiger partial charge in [0.1, 0.15) is 5.82 Å². The normalized spacial score (nSPS) is 25.1. The number of aromatic amines is 1. The molecule has 0 radical (unpaired) electrons. The Morgan fingerprint density at radius 2 is 2.06 bits per heavy atom. The van der Waals surface area contributed by atoms with E-state index in [1.54, 1.807) is 0 Å². The predicted molar refractivity (Wildman–Crippen MR) is 72.5 cm³/mol. The number of hydrogen-bond donors (Lipinski definition) is 1. The summed E-state index contributed by atoms with van der Waals surface area (Å²) in [5.74, 6) is 2.85. The number of nitrogens with zero attached hydrogens (tertiary/aromatic N) is 2. The summed E-state index contributed by atoms with van der Waals surface area (Å²) < 4.78 is 3.02. The fraction of sp³-hybridized carbons (Fsp3) is 0.846. The van der Waals surface area contributed by atoms with Gasteiger partial charge in [-0.15, -0.1) is 0 Å². The quantitative estimate of drug-likeness (QED) is 0.830. The Hall–Kier alpha value is -0.640. The number of nitrogens with one attached hydrogen (secondary N) is 1. The highest BCUT2D eigenvalue weighted by Crippen LogP contribution is 2.29. The Morgan fingerprint density at radius 3 is 2.71 bits per heavy atom. The molecule has 0 bridgehead atoms. The van der Waals surface area contributed by atoms with E-state index in [4.69, 9.17) is 12.2 Å². The van der Waals surface area contributed by atoms with Gasteiger partial charge >= 0.3 is 0 Å². The highest BCUT2D eigenvalue weighted by Gasteiger charge is 2.19. The summed E-state index contributed by atoms with van der Waals surface area (Å²) in [5.41, 5.74) is 0. The zero-order valence-electron chi connectivity index (χ0n) is 10.9. The largest absolute Gasteiger partial charge is 0.304 e. The van der Waals surface area contributed by atoms with Gasteiger partial charge in [-0.1, -0.05) is 26.7 Å². The summed E-state index contributed by atoms with van der Waals surface area (Å²) in [6.07, 6.45) is 7.59. The second kappa shape index (κ2) is 5.80. The van der Waals surface area contributed by atoms with Crippen molar-refractivity contribution in [1.82, 2.24) is 14.8 Å². The third kappa shape index (κ3) is 3.18. The second-order valence-electron chi connectivity index (χ2n) is 5.43. The molecule has 2 rings (SSSR count). The molecule has 1 aliphatic rings. The van der Waals surface area contributed by atoms with Crippen molar-refractivity contribution in [1.29, 1.82) is 0 Å². The van der Waals surface area contributed by atoms with E-state index >= 15 is 0 Å². The fourth-order valence-electron chi connectivity index (χ4n) is 2.72. The Balaban J connectivity index is 2.02. The maximum Gasteiger partial charge on any atom is 0.195 e. The van der Waals surface area contributed by atoms with E-state index in [2.05, 4.69) is 28.6 Å². The van der Waals surface area contributed by atoms with E-state index in [1.807, 2.05) is 0 Å². The van der Waals surface area contributed by atoms with Crippen LogP contribution in [0, 0.1) is 16.6 Å². The third-order valence-corrected chi connectivity index (χ3v) is 4.20. The van der Waals surface area contributed by atoms with Crippen molar-refractivity contribution in [2.24, 2.45) is 11.8 Å². The van der Waals surface area contributed by atoms with E-state index in [-0.39, 0.29) is 0 Å². The topological polar surface area (TPSA) is 33.6 Å². The average Bonchev–Trinajstić information content (AvgIpc) is 2.65. The summed E-state index contributed by atoms with van der Waals surface area (Å²) in [5, 5.41) is 7.27. The lowest BCUT2D eigenvalue weighted by Crippen LogP contribution is -2.19. The lowest BCUT2D eigenvalue weighted by atomic mass is 9.83. The highest BCUT2D eigenvalue weighted by atomic mass is 32.1. The lowest BCUT2D eigenvalue weighted by Gasteiger charge is -2.26. The Bertz CT molecular complexity index is 399. The van der Waals surface area contributed by atoms with Crippen molar-refractivity contribution >= 4 is 12.2 Å². The molecule has 1 heterocycles. The first-order valence-corrected chi connectivity index (χ1v) is 7.25. The van der Waals surface area contributed by atoms with E-state index in [0.29, 0.717) is 0 Å². The zero-order chi connectivity index (χ0) is 12.3. The number of hydrogen-bond acceptors (Lipinski definition) is 2. The van der Waals surface area contributed by atoms with Gasteiger partial charge in [-0.05, 0) is 43.3 Å². The molecule has 0 atom stereocenters. The first kappa shape index (κ1) is 12.8. The Labute approximate surface area is 109 Å². The van der Waals surface area contributed by atoms with Gasteiger partial charge in [0.2, 0.25) is 0 Å². The van der Waals surface area contributed by atoms with Crippen LogP contribution in [-0.4, -0.2) is 14.8 Å². The summed E-state index contributed by atoms with van der Waals surface area (Å²) in [6, 6.07) is 0. The van der Waals surface area contributed by atoms with Gasteiger partial charge in [0.25, 0.3) is 0 Å². The second-order valence-corrected chi connectivity index (χ2v) is 5.82. The maximum absolute atomic E-state index is 5.32. The molecular formula is C13H23N3S. The zero-order valence-corrected chi connectivity index (χ0v) is 11.7. The number of rotatable bonds is 4. The molecule has 1 aromatic heterocycles. The lowest BCUT2D eigenvalue weighted by molar-refractivity contribution is 0.262. The molecule has 0 aliphatic heterocycles. The molecule has 17 heavy (non-hydrogen) atoms. The molecular weight excluding hydrogens is 230 g/mol. The molecule has 1 saturated carbocycles. The molecule has 0 spiro atoms.